The maximum Gasteiger partial charge on any atom is 0.261 e. The molecule has 1 aromatic rings. The zero-order chi connectivity index (χ0) is 14.4. The number of halogens is 2. The lowest BCUT2D eigenvalue weighted by Gasteiger charge is -2.27. The molecule has 2 atom stereocenters. The van der Waals surface area contributed by atoms with Gasteiger partial charge in [-0.05, 0) is 36.8 Å². The van der Waals surface area contributed by atoms with E-state index in [0.29, 0.717) is 18.9 Å². The highest BCUT2D eigenvalue weighted by Crippen LogP contribution is 2.36. The predicted molar refractivity (Wildman–Crippen MR) is 73.3 cm³/mol. The molecule has 2 unspecified atom stereocenters. The summed E-state index contributed by atoms with van der Waals surface area (Å²) in [4.78, 5) is 0. The maximum absolute atomic E-state index is 11.9. The Morgan fingerprint density at radius 2 is 2.15 bits per heavy atom. The van der Waals surface area contributed by atoms with Gasteiger partial charge in [0.05, 0.1) is 6.61 Å². The van der Waals surface area contributed by atoms with E-state index in [9.17, 15) is 8.78 Å². The average Bonchev–Trinajstić information content (AvgIpc) is 2.44. The van der Waals surface area contributed by atoms with E-state index in [1.807, 2.05) is 18.2 Å². The second-order valence-corrected chi connectivity index (χ2v) is 5.12. The Morgan fingerprint density at radius 3 is 2.95 bits per heavy atom. The van der Waals surface area contributed by atoms with Gasteiger partial charge in [0.2, 0.25) is 0 Å². The monoisotopic (exact) mass is 285 g/mol. The molecule has 1 heterocycles. The van der Waals surface area contributed by atoms with Crippen molar-refractivity contribution in [1.29, 1.82) is 0 Å². The summed E-state index contributed by atoms with van der Waals surface area (Å²) in [6, 6.07) is 7.96. The quantitative estimate of drug-likeness (QED) is 0.783. The number of nitrogens with two attached hydrogens (primary N) is 1. The first-order valence-electron chi connectivity index (χ1n) is 7.00. The number of alkyl halides is 2. The summed E-state index contributed by atoms with van der Waals surface area (Å²) < 4.78 is 34.3. The summed E-state index contributed by atoms with van der Waals surface area (Å²) in [5, 5.41) is 0. The fourth-order valence-electron chi connectivity index (χ4n) is 2.55. The van der Waals surface area contributed by atoms with Gasteiger partial charge in [0, 0.05) is 12.6 Å². The van der Waals surface area contributed by atoms with E-state index in [1.165, 1.54) is 5.56 Å². The summed E-state index contributed by atoms with van der Waals surface area (Å²) in [6.45, 7) is 0.486. The topological polar surface area (TPSA) is 44.5 Å². The lowest BCUT2D eigenvalue weighted by Crippen LogP contribution is -2.27. The Morgan fingerprint density at radius 1 is 1.35 bits per heavy atom. The molecule has 1 aromatic carbocycles. The minimum absolute atomic E-state index is 0.0381. The average molecular weight is 285 g/mol. The van der Waals surface area contributed by atoms with Crippen LogP contribution in [0.25, 0.3) is 0 Å². The zero-order valence-electron chi connectivity index (χ0n) is 11.4. The number of hydrogen-bond acceptors (Lipinski definition) is 3. The van der Waals surface area contributed by atoms with Gasteiger partial charge in [-0.1, -0.05) is 18.2 Å². The third kappa shape index (κ3) is 4.42. The Hall–Kier alpha value is -1.20. The molecule has 0 aliphatic carbocycles. The van der Waals surface area contributed by atoms with Crippen LogP contribution < -0.4 is 10.5 Å². The fraction of sp³-hybridized carbons (Fsp3) is 0.600. The van der Waals surface area contributed by atoms with Crippen LogP contribution in [0, 0.1) is 0 Å². The highest BCUT2D eigenvalue weighted by atomic mass is 19.3. The molecule has 0 aromatic heterocycles. The van der Waals surface area contributed by atoms with Crippen molar-refractivity contribution in [2.45, 2.75) is 37.6 Å². The van der Waals surface area contributed by atoms with Crippen LogP contribution in [0.15, 0.2) is 24.3 Å². The zero-order valence-corrected chi connectivity index (χ0v) is 11.4. The molecule has 2 rings (SSSR count). The number of hydrogen-bond donors (Lipinski definition) is 1. The van der Waals surface area contributed by atoms with Crippen LogP contribution in [0.3, 0.4) is 0 Å². The molecule has 2 N–H and O–H groups in total. The molecule has 0 amide bonds. The molecule has 0 saturated carbocycles. The van der Waals surface area contributed by atoms with Crippen LogP contribution in [0.5, 0.6) is 5.75 Å². The minimum atomic E-state index is -2.41. The van der Waals surface area contributed by atoms with Crippen LogP contribution in [0.1, 0.15) is 30.7 Å². The van der Waals surface area contributed by atoms with Gasteiger partial charge in [-0.3, -0.25) is 0 Å². The molecule has 5 heteroatoms. The fourth-order valence-corrected chi connectivity index (χ4v) is 2.55. The van der Waals surface area contributed by atoms with Crippen LogP contribution in [-0.4, -0.2) is 32.3 Å². The van der Waals surface area contributed by atoms with Crippen molar-refractivity contribution in [2.75, 3.05) is 19.8 Å². The van der Waals surface area contributed by atoms with Crippen LogP contribution in [0.4, 0.5) is 8.78 Å². The van der Waals surface area contributed by atoms with Crippen LogP contribution in [-0.2, 0) is 4.74 Å². The third-order valence-electron chi connectivity index (χ3n) is 3.55. The Kier molecular flexibility index (Phi) is 5.73. The van der Waals surface area contributed by atoms with Crippen molar-refractivity contribution in [3.05, 3.63) is 29.8 Å². The minimum Gasteiger partial charge on any atom is -0.493 e. The van der Waals surface area contributed by atoms with Crippen molar-refractivity contribution in [3.8, 4) is 5.75 Å². The molecule has 0 spiro atoms. The van der Waals surface area contributed by atoms with E-state index in [4.69, 9.17) is 15.2 Å². The molecule has 1 aliphatic heterocycles. The lowest BCUT2D eigenvalue weighted by atomic mass is 9.87. The number of para-hydroxylation sites is 1. The van der Waals surface area contributed by atoms with E-state index in [-0.39, 0.29) is 12.6 Å². The standard InChI is InChI=1S/C15H21F2NO2/c16-15(17)10-19-7-6-12(18)9-11-5-8-20-14-4-2-1-3-13(11)14/h1-4,11-12,15H,5-10,18H2. The first-order chi connectivity index (χ1) is 9.66. The number of ether oxygens (including phenoxy) is 2. The second-order valence-electron chi connectivity index (χ2n) is 5.12. The maximum atomic E-state index is 11.9. The SMILES string of the molecule is NC(CCOCC(F)F)CC1CCOc2ccccc21. The lowest BCUT2D eigenvalue weighted by molar-refractivity contribution is 0.0149. The summed E-state index contributed by atoms with van der Waals surface area (Å²) in [5.74, 6) is 1.31. The van der Waals surface area contributed by atoms with Gasteiger partial charge in [-0.25, -0.2) is 8.78 Å². The highest BCUT2D eigenvalue weighted by molar-refractivity contribution is 5.37. The van der Waals surface area contributed by atoms with Gasteiger partial charge in [-0.15, -0.1) is 0 Å². The molecule has 0 saturated heterocycles. The number of benzene rings is 1. The molecule has 112 valence electrons. The summed E-state index contributed by atoms with van der Waals surface area (Å²) in [7, 11) is 0. The van der Waals surface area contributed by atoms with Crippen molar-refractivity contribution in [1.82, 2.24) is 0 Å². The van der Waals surface area contributed by atoms with Crippen molar-refractivity contribution in [3.63, 3.8) is 0 Å². The van der Waals surface area contributed by atoms with E-state index < -0.39 is 13.0 Å². The van der Waals surface area contributed by atoms with Gasteiger partial charge in [0.25, 0.3) is 6.43 Å². The molecule has 3 nitrogen and oxygen atoms in total. The normalized spacial score (nSPS) is 19.5. The Balaban J connectivity index is 1.79. The molecule has 0 radical (unpaired) electrons. The van der Waals surface area contributed by atoms with Gasteiger partial charge in [0.15, 0.2) is 0 Å². The third-order valence-corrected chi connectivity index (χ3v) is 3.55. The number of fused-ring (bicyclic) bond motifs is 1. The van der Waals surface area contributed by atoms with E-state index >= 15 is 0 Å². The van der Waals surface area contributed by atoms with Gasteiger partial charge >= 0.3 is 0 Å². The summed E-state index contributed by atoms with van der Waals surface area (Å²) in [6.07, 6.45) is -0.0265. The Bertz CT molecular complexity index is 415. The second kappa shape index (κ2) is 7.55. The van der Waals surface area contributed by atoms with Crippen molar-refractivity contribution >= 4 is 0 Å². The van der Waals surface area contributed by atoms with Gasteiger partial charge in [0.1, 0.15) is 12.4 Å². The smallest absolute Gasteiger partial charge is 0.261 e. The van der Waals surface area contributed by atoms with Crippen LogP contribution >= 0.6 is 0 Å². The first-order valence-corrected chi connectivity index (χ1v) is 7.00. The van der Waals surface area contributed by atoms with Crippen molar-refractivity contribution in [2.24, 2.45) is 5.73 Å². The molecular formula is C15H21F2NO2. The first kappa shape index (κ1) is 15.2. The molecule has 0 fully saturated rings. The van der Waals surface area contributed by atoms with E-state index in [2.05, 4.69) is 6.07 Å². The molecule has 0 bridgehead atoms. The predicted octanol–water partition coefficient (Wildman–Crippen LogP) is 2.94. The van der Waals surface area contributed by atoms with E-state index in [1.54, 1.807) is 0 Å². The molecular weight excluding hydrogens is 264 g/mol. The summed E-state index contributed by atoms with van der Waals surface area (Å²) >= 11 is 0. The highest BCUT2D eigenvalue weighted by Gasteiger charge is 2.22. The van der Waals surface area contributed by atoms with Crippen molar-refractivity contribution < 1.29 is 18.3 Å². The summed E-state index contributed by atoms with van der Waals surface area (Å²) in [5.41, 5.74) is 7.27. The van der Waals surface area contributed by atoms with Gasteiger partial charge in [-0.2, -0.15) is 0 Å². The van der Waals surface area contributed by atoms with E-state index in [0.717, 1.165) is 18.6 Å². The largest absolute Gasteiger partial charge is 0.493 e. The molecule has 1 aliphatic rings. The Labute approximate surface area is 118 Å². The van der Waals surface area contributed by atoms with Gasteiger partial charge < -0.3 is 15.2 Å². The molecule has 20 heavy (non-hydrogen) atoms. The van der Waals surface area contributed by atoms with Crippen LogP contribution in [0.2, 0.25) is 0 Å². The number of rotatable bonds is 7.